The van der Waals surface area contributed by atoms with Crippen molar-refractivity contribution in [3.63, 3.8) is 0 Å². The van der Waals surface area contributed by atoms with Gasteiger partial charge in [0.25, 0.3) is 0 Å². The molecule has 0 fully saturated rings. The van der Waals surface area contributed by atoms with Gasteiger partial charge in [-0.25, -0.2) is 0 Å². The zero-order valence-electron chi connectivity index (χ0n) is 11.4. The van der Waals surface area contributed by atoms with Crippen molar-refractivity contribution in [3.8, 4) is 0 Å². The molecule has 0 aliphatic heterocycles. The Balaban J connectivity index is 0. The molecule has 100 valence electrons. The fourth-order valence-corrected chi connectivity index (χ4v) is 1.91. The van der Waals surface area contributed by atoms with E-state index in [-0.39, 0.29) is 0 Å². The summed E-state index contributed by atoms with van der Waals surface area (Å²) in [6.45, 7) is 4.57. The van der Waals surface area contributed by atoms with Crippen molar-refractivity contribution in [2.45, 2.75) is 90.9 Å². The summed E-state index contributed by atoms with van der Waals surface area (Å²) in [4.78, 5) is 0. The van der Waals surface area contributed by atoms with Gasteiger partial charge in [0.15, 0.2) is 0 Å². The third-order valence-electron chi connectivity index (χ3n) is 2.96. The van der Waals surface area contributed by atoms with E-state index in [1.54, 1.807) is 0 Å². The molecule has 2 N–H and O–H groups in total. The van der Waals surface area contributed by atoms with Crippen LogP contribution in [0.3, 0.4) is 0 Å². The summed E-state index contributed by atoms with van der Waals surface area (Å²) in [6.07, 6.45) is 17.4. The Morgan fingerprint density at radius 1 is 0.438 bits per heavy atom. The molecule has 0 rings (SSSR count). The minimum atomic E-state index is 1.37. The van der Waals surface area contributed by atoms with Crippen molar-refractivity contribution in [2.24, 2.45) is 0 Å². The highest BCUT2D eigenvalue weighted by Crippen LogP contribution is 2.11. The molecule has 2 nitrogen and oxygen atoms in total. The number of hydrogen-bond donors (Lipinski definition) is 2. The van der Waals surface area contributed by atoms with Gasteiger partial charge in [0, 0.05) is 0 Å². The number of hydrogen-bond acceptors (Lipinski definition) is 2. The first-order valence-corrected chi connectivity index (χ1v) is 7.11. The smallest absolute Gasteiger partial charge is 0.0533 e. The van der Waals surface area contributed by atoms with Gasteiger partial charge in [-0.1, -0.05) is 90.9 Å². The number of rotatable bonds is 11. The van der Waals surface area contributed by atoms with Gasteiger partial charge in [-0.2, -0.15) is 0 Å². The first-order chi connectivity index (χ1) is 7.91. The number of unbranched alkanes of at least 4 members (excludes halogenated alkanes) is 11. The minimum absolute atomic E-state index is 1.37. The fraction of sp³-hybridized carbons (Fsp3) is 1.00. The van der Waals surface area contributed by atoms with Crippen LogP contribution in [-0.4, -0.2) is 10.5 Å². The molecule has 0 saturated carbocycles. The standard InChI is InChI=1S/C14H30.H2O2/c1-3-5-7-9-11-13-14-12-10-8-6-4-2;1-2/h3-14H2,1-2H3;1-2H. The average molecular weight is 232 g/mol. The molecular weight excluding hydrogens is 200 g/mol. The summed E-state index contributed by atoms with van der Waals surface area (Å²) in [5, 5.41) is 12.0. The van der Waals surface area contributed by atoms with Crippen LogP contribution in [0.5, 0.6) is 0 Å². The topological polar surface area (TPSA) is 40.5 Å². The maximum atomic E-state index is 6.00. The molecule has 0 saturated heterocycles. The van der Waals surface area contributed by atoms with Crippen LogP contribution < -0.4 is 0 Å². The van der Waals surface area contributed by atoms with Crippen LogP contribution >= 0.6 is 0 Å². The molecule has 0 amide bonds. The second-order valence-corrected chi connectivity index (χ2v) is 4.54. The lowest BCUT2D eigenvalue weighted by Gasteiger charge is -2.01. The van der Waals surface area contributed by atoms with Crippen LogP contribution in [0.25, 0.3) is 0 Å². The Labute approximate surface area is 102 Å². The average Bonchev–Trinajstić information content (AvgIpc) is 2.34. The molecule has 0 unspecified atom stereocenters. The van der Waals surface area contributed by atoms with E-state index in [2.05, 4.69) is 13.8 Å². The summed E-state index contributed by atoms with van der Waals surface area (Å²) in [5.41, 5.74) is 0. The van der Waals surface area contributed by atoms with E-state index in [0.29, 0.717) is 0 Å². The van der Waals surface area contributed by atoms with E-state index in [4.69, 9.17) is 10.5 Å². The van der Waals surface area contributed by atoms with Crippen molar-refractivity contribution >= 4 is 0 Å². The first-order valence-electron chi connectivity index (χ1n) is 7.11. The molecule has 0 aromatic heterocycles. The van der Waals surface area contributed by atoms with Crippen molar-refractivity contribution < 1.29 is 10.5 Å². The molecular formula is C14H32O2. The van der Waals surface area contributed by atoms with Crippen LogP contribution in [0.15, 0.2) is 0 Å². The van der Waals surface area contributed by atoms with E-state index in [1.807, 2.05) is 0 Å². The minimum Gasteiger partial charge on any atom is -0.255 e. The van der Waals surface area contributed by atoms with Gasteiger partial charge in [-0.15, -0.1) is 0 Å². The molecule has 0 radical (unpaired) electrons. The molecule has 16 heavy (non-hydrogen) atoms. The quantitative estimate of drug-likeness (QED) is 0.271. The lowest BCUT2D eigenvalue weighted by atomic mass is 10.1. The van der Waals surface area contributed by atoms with E-state index in [1.165, 1.54) is 77.0 Å². The summed E-state index contributed by atoms with van der Waals surface area (Å²) in [5.74, 6) is 0. The maximum Gasteiger partial charge on any atom is -0.0533 e. The van der Waals surface area contributed by atoms with Crippen LogP contribution in [0.1, 0.15) is 90.9 Å². The Hall–Kier alpha value is -0.0800. The summed E-state index contributed by atoms with van der Waals surface area (Å²) in [7, 11) is 0. The second kappa shape index (κ2) is 20.3. The van der Waals surface area contributed by atoms with Crippen LogP contribution in [0.2, 0.25) is 0 Å². The Morgan fingerprint density at radius 2 is 0.625 bits per heavy atom. The Kier molecular flexibility index (Phi) is 23.3. The SMILES string of the molecule is CCCCCCCCCCCCCC.OO. The van der Waals surface area contributed by atoms with Gasteiger partial charge in [-0.3, -0.25) is 10.5 Å². The summed E-state index contributed by atoms with van der Waals surface area (Å²) >= 11 is 0. The zero-order chi connectivity index (χ0) is 12.5. The van der Waals surface area contributed by atoms with Crippen molar-refractivity contribution in [2.75, 3.05) is 0 Å². The van der Waals surface area contributed by atoms with Gasteiger partial charge in [-0.05, 0) is 0 Å². The largest absolute Gasteiger partial charge is 0.255 e. The third-order valence-corrected chi connectivity index (χ3v) is 2.96. The van der Waals surface area contributed by atoms with Crippen molar-refractivity contribution in [1.82, 2.24) is 0 Å². The Morgan fingerprint density at radius 3 is 0.812 bits per heavy atom. The van der Waals surface area contributed by atoms with Gasteiger partial charge in [0.05, 0.1) is 0 Å². The molecule has 0 bridgehead atoms. The lowest BCUT2D eigenvalue weighted by molar-refractivity contribution is -0.176. The normalized spacial score (nSPS) is 9.75. The molecule has 0 aromatic rings. The van der Waals surface area contributed by atoms with E-state index < -0.39 is 0 Å². The maximum absolute atomic E-state index is 6.00. The highest BCUT2D eigenvalue weighted by atomic mass is 17.0. The molecule has 0 atom stereocenters. The monoisotopic (exact) mass is 232 g/mol. The van der Waals surface area contributed by atoms with E-state index >= 15 is 0 Å². The third kappa shape index (κ3) is 19.5. The van der Waals surface area contributed by atoms with Crippen LogP contribution in [0, 0.1) is 0 Å². The van der Waals surface area contributed by atoms with Crippen LogP contribution in [0.4, 0.5) is 0 Å². The molecule has 0 aliphatic carbocycles. The highest BCUT2D eigenvalue weighted by Gasteiger charge is 1.91. The fourth-order valence-electron chi connectivity index (χ4n) is 1.91. The van der Waals surface area contributed by atoms with Crippen molar-refractivity contribution in [3.05, 3.63) is 0 Å². The van der Waals surface area contributed by atoms with Gasteiger partial charge in [0.2, 0.25) is 0 Å². The second-order valence-electron chi connectivity index (χ2n) is 4.54. The lowest BCUT2D eigenvalue weighted by Crippen LogP contribution is -1.81. The summed E-state index contributed by atoms with van der Waals surface area (Å²) in [6, 6.07) is 0. The molecule has 0 aromatic carbocycles. The van der Waals surface area contributed by atoms with Crippen molar-refractivity contribution in [1.29, 1.82) is 0 Å². The molecule has 0 spiro atoms. The van der Waals surface area contributed by atoms with Gasteiger partial charge in [0.1, 0.15) is 0 Å². The van der Waals surface area contributed by atoms with E-state index in [0.717, 1.165) is 0 Å². The van der Waals surface area contributed by atoms with Gasteiger partial charge < -0.3 is 0 Å². The Bertz CT molecular complexity index is 82.7. The summed E-state index contributed by atoms with van der Waals surface area (Å²) < 4.78 is 0. The molecule has 2 heteroatoms. The molecule has 0 heterocycles. The predicted octanol–water partition coefficient (Wildman–Crippen LogP) is 5.72. The zero-order valence-corrected chi connectivity index (χ0v) is 11.4. The predicted molar refractivity (Wildman–Crippen MR) is 72.0 cm³/mol. The first kappa shape index (κ1) is 18.3. The van der Waals surface area contributed by atoms with Gasteiger partial charge >= 0.3 is 0 Å². The highest BCUT2D eigenvalue weighted by molar-refractivity contribution is 4.47. The van der Waals surface area contributed by atoms with Crippen LogP contribution in [-0.2, 0) is 0 Å². The van der Waals surface area contributed by atoms with E-state index in [9.17, 15) is 0 Å². The molecule has 0 aliphatic rings.